The molecule has 4 nitrogen and oxygen atoms in total. The van der Waals surface area contributed by atoms with Gasteiger partial charge in [0.25, 0.3) is 0 Å². The molecular weight excluding hydrogens is 331 g/mol. The van der Waals surface area contributed by atoms with Gasteiger partial charge in [-0.3, -0.25) is 0 Å². The fourth-order valence-corrected chi connectivity index (χ4v) is 4.80. The lowest BCUT2D eigenvalue weighted by Gasteiger charge is -2.27. The number of nitrogens with zero attached hydrogens (tertiary/aromatic N) is 1. The lowest BCUT2D eigenvalue weighted by Crippen LogP contribution is -2.38. The largest absolute Gasteiger partial charge is 0.316 e. The number of hydrogen-bond donors (Lipinski definition) is 1. The first-order valence-corrected chi connectivity index (χ1v) is 9.13. The lowest BCUT2D eigenvalue weighted by molar-refractivity contribution is 0.342. The number of benzene rings is 1. The SMILES string of the molecule is CCC(C)N(CC)S(=O)(=O)c1cc(Cl)cc(CNC)c1Cl. The molecule has 1 N–H and O–H groups in total. The molecule has 1 aromatic carbocycles. The van der Waals surface area contributed by atoms with Crippen molar-refractivity contribution in [2.24, 2.45) is 0 Å². The van der Waals surface area contributed by atoms with Crippen LogP contribution < -0.4 is 5.32 Å². The minimum atomic E-state index is -3.67. The Bertz CT molecular complexity index is 591. The second-order valence-electron chi connectivity index (χ2n) is 4.87. The number of nitrogens with one attached hydrogen (secondary N) is 1. The highest BCUT2D eigenvalue weighted by atomic mass is 35.5. The predicted molar refractivity (Wildman–Crippen MR) is 88.5 cm³/mol. The molecule has 0 aliphatic carbocycles. The first kappa shape index (κ1) is 18.7. The van der Waals surface area contributed by atoms with Gasteiger partial charge in [0, 0.05) is 24.2 Å². The molecule has 0 bridgehead atoms. The summed E-state index contributed by atoms with van der Waals surface area (Å²) < 4.78 is 27.2. The zero-order valence-electron chi connectivity index (χ0n) is 12.8. The van der Waals surface area contributed by atoms with Crippen LogP contribution in [0.1, 0.15) is 32.8 Å². The van der Waals surface area contributed by atoms with E-state index < -0.39 is 10.0 Å². The topological polar surface area (TPSA) is 49.4 Å². The summed E-state index contributed by atoms with van der Waals surface area (Å²) in [5.74, 6) is 0. The van der Waals surface area contributed by atoms with Crippen molar-refractivity contribution in [1.82, 2.24) is 9.62 Å². The summed E-state index contributed by atoms with van der Waals surface area (Å²) in [6.45, 7) is 6.50. The summed E-state index contributed by atoms with van der Waals surface area (Å²) in [5, 5.41) is 3.55. The predicted octanol–water partition coefficient (Wildman–Crippen LogP) is 3.52. The van der Waals surface area contributed by atoms with Gasteiger partial charge in [-0.2, -0.15) is 4.31 Å². The van der Waals surface area contributed by atoms with Crippen LogP contribution in [-0.2, 0) is 16.6 Å². The molecule has 1 aromatic rings. The van der Waals surface area contributed by atoms with E-state index in [0.29, 0.717) is 23.7 Å². The summed E-state index contributed by atoms with van der Waals surface area (Å²) in [7, 11) is -1.90. The molecule has 1 unspecified atom stereocenters. The van der Waals surface area contributed by atoms with Crippen molar-refractivity contribution < 1.29 is 8.42 Å². The van der Waals surface area contributed by atoms with Crippen molar-refractivity contribution in [1.29, 1.82) is 0 Å². The molecule has 0 aliphatic heterocycles. The molecule has 120 valence electrons. The van der Waals surface area contributed by atoms with Crippen LogP contribution in [0, 0.1) is 0 Å². The minimum Gasteiger partial charge on any atom is -0.316 e. The van der Waals surface area contributed by atoms with Gasteiger partial charge in [0.15, 0.2) is 0 Å². The number of halogens is 2. The van der Waals surface area contributed by atoms with Crippen molar-refractivity contribution in [3.63, 3.8) is 0 Å². The molecule has 21 heavy (non-hydrogen) atoms. The highest BCUT2D eigenvalue weighted by molar-refractivity contribution is 7.89. The molecule has 0 saturated heterocycles. The van der Waals surface area contributed by atoms with Crippen LogP contribution >= 0.6 is 23.2 Å². The highest BCUT2D eigenvalue weighted by Crippen LogP contribution is 2.32. The van der Waals surface area contributed by atoms with Gasteiger partial charge in [0.1, 0.15) is 4.90 Å². The molecule has 0 spiro atoms. The standard InChI is InChI=1S/C14H22Cl2N2O2S/c1-5-10(3)18(6-2)21(19,20)13-8-12(15)7-11(9-17-4)14(13)16/h7-8,10,17H,5-6,9H2,1-4H3. The number of hydrogen-bond acceptors (Lipinski definition) is 3. The fourth-order valence-electron chi connectivity index (χ4n) is 2.17. The second kappa shape index (κ2) is 7.79. The van der Waals surface area contributed by atoms with Crippen LogP contribution in [0.15, 0.2) is 17.0 Å². The Balaban J connectivity index is 3.43. The summed E-state index contributed by atoms with van der Waals surface area (Å²) >= 11 is 12.3. The van der Waals surface area contributed by atoms with Crippen molar-refractivity contribution in [3.05, 3.63) is 27.7 Å². The molecule has 0 heterocycles. The highest BCUT2D eigenvalue weighted by Gasteiger charge is 2.30. The normalized spacial score (nSPS) is 13.7. The van der Waals surface area contributed by atoms with Crippen molar-refractivity contribution >= 4 is 33.2 Å². The van der Waals surface area contributed by atoms with Gasteiger partial charge in [0.05, 0.1) is 5.02 Å². The first-order chi connectivity index (χ1) is 9.79. The van der Waals surface area contributed by atoms with E-state index in [0.717, 1.165) is 6.42 Å². The molecule has 0 amide bonds. The number of sulfonamides is 1. The summed E-state index contributed by atoms with van der Waals surface area (Å²) in [6.07, 6.45) is 0.731. The van der Waals surface area contributed by atoms with E-state index in [4.69, 9.17) is 23.2 Å². The van der Waals surface area contributed by atoms with Crippen molar-refractivity contribution in [3.8, 4) is 0 Å². The quantitative estimate of drug-likeness (QED) is 0.816. The average molecular weight is 353 g/mol. The van der Waals surface area contributed by atoms with Crippen LogP contribution in [0.25, 0.3) is 0 Å². The van der Waals surface area contributed by atoms with Crippen molar-refractivity contribution in [2.45, 2.75) is 44.7 Å². The van der Waals surface area contributed by atoms with Gasteiger partial charge in [-0.1, -0.05) is 37.0 Å². The van der Waals surface area contributed by atoms with Crippen LogP contribution in [0.5, 0.6) is 0 Å². The molecule has 0 aliphatic rings. The van der Waals surface area contributed by atoms with E-state index in [-0.39, 0.29) is 16.0 Å². The molecule has 1 rings (SSSR count). The maximum Gasteiger partial charge on any atom is 0.244 e. The Morgan fingerprint density at radius 3 is 2.38 bits per heavy atom. The van der Waals surface area contributed by atoms with Crippen LogP contribution in [-0.4, -0.2) is 32.4 Å². The molecule has 0 fully saturated rings. The summed E-state index contributed by atoms with van der Waals surface area (Å²) in [5.41, 5.74) is 0.672. The summed E-state index contributed by atoms with van der Waals surface area (Å²) in [6, 6.07) is 3.00. The number of rotatable bonds is 7. The maximum atomic E-state index is 12.9. The van der Waals surface area contributed by atoms with Gasteiger partial charge >= 0.3 is 0 Å². The third-order valence-electron chi connectivity index (χ3n) is 3.43. The Hall–Kier alpha value is -0.330. The van der Waals surface area contributed by atoms with Crippen LogP contribution in [0.3, 0.4) is 0 Å². The van der Waals surface area contributed by atoms with E-state index in [1.54, 1.807) is 13.1 Å². The Kier molecular flexibility index (Phi) is 6.94. The monoisotopic (exact) mass is 352 g/mol. The summed E-state index contributed by atoms with van der Waals surface area (Å²) in [4.78, 5) is 0.0732. The minimum absolute atomic E-state index is 0.0732. The van der Waals surface area contributed by atoms with E-state index in [2.05, 4.69) is 5.32 Å². The van der Waals surface area contributed by atoms with Gasteiger partial charge in [0.2, 0.25) is 10.0 Å². The van der Waals surface area contributed by atoms with E-state index in [1.165, 1.54) is 10.4 Å². The van der Waals surface area contributed by atoms with Crippen LogP contribution in [0.4, 0.5) is 0 Å². The zero-order valence-corrected chi connectivity index (χ0v) is 15.1. The smallest absolute Gasteiger partial charge is 0.244 e. The second-order valence-corrected chi connectivity index (χ2v) is 7.55. The van der Waals surface area contributed by atoms with Crippen LogP contribution in [0.2, 0.25) is 10.0 Å². The Morgan fingerprint density at radius 1 is 1.29 bits per heavy atom. The average Bonchev–Trinajstić information content (AvgIpc) is 2.42. The van der Waals surface area contributed by atoms with E-state index >= 15 is 0 Å². The third-order valence-corrected chi connectivity index (χ3v) is 6.32. The first-order valence-electron chi connectivity index (χ1n) is 6.93. The maximum absolute atomic E-state index is 12.9. The molecule has 0 saturated carbocycles. The molecule has 0 radical (unpaired) electrons. The van der Waals surface area contributed by atoms with Gasteiger partial charge < -0.3 is 5.32 Å². The molecule has 1 atom stereocenters. The molecular formula is C14H22Cl2N2O2S. The van der Waals surface area contributed by atoms with E-state index in [9.17, 15) is 8.42 Å². The zero-order chi connectivity index (χ0) is 16.2. The molecule has 7 heteroatoms. The fraction of sp³-hybridized carbons (Fsp3) is 0.571. The third kappa shape index (κ3) is 4.11. The van der Waals surface area contributed by atoms with Gasteiger partial charge in [-0.25, -0.2) is 8.42 Å². The lowest BCUT2D eigenvalue weighted by atomic mass is 10.2. The van der Waals surface area contributed by atoms with Gasteiger partial charge in [-0.05, 0) is 38.1 Å². The van der Waals surface area contributed by atoms with E-state index in [1.807, 2.05) is 20.8 Å². The van der Waals surface area contributed by atoms with Crippen molar-refractivity contribution in [2.75, 3.05) is 13.6 Å². The Morgan fingerprint density at radius 2 is 1.90 bits per heavy atom. The van der Waals surface area contributed by atoms with Gasteiger partial charge in [-0.15, -0.1) is 0 Å². The molecule has 0 aromatic heterocycles. The Labute approximate surface area is 137 Å².